The van der Waals surface area contributed by atoms with Crippen molar-refractivity contribution in [1.29, 1.82) is 0 Å². The molecule has 0 spiro atoms. The zero-order valence-corrected chi connectivity index (χ0v) is 18.0. The number of nitrogens with one attached hydrogen (secondary N) is 2. The summed E-state index contributed by atoms with van der Waals surface area (Å²) in [4.78, 5) is 36.2. The van der Waals surface area contributed by atoms with Crippen LogP contribution in [-0.4, -0.2) is 48.8 Å². The van der Waals surface area contributed by atoms with Crippen LogP contribution < -0.4 is 21.7 Å². The van der Waals surface area contributed by atoms with E-state index in [2.05, 4.69) is 15.4 Å². The van der Waals surface area contributed by atoms with Crippen molar-refractivity contribution in [1.82, 2.24) is 14.3 Å². The van der Waals surface area contributed by atoms with Crippen molar-refractivity contribution in [2.75, 3.05) is 13.2 Å². The molecular formula is C19H25FN4O6S. The highest BCUT2D eigenvalue weighted by molar-refractivity contribution is 7.89. The van der Waals surface area contributed by atoms with Crippen LogP contribution in [0.1, 0.15) is 26.7 Å². The smallest absolute Gasteiger partial charge is 0.328 e. The normalized spacial score (nSPS) is 18.5. The second kappa shape index (κ2) is 8.52. The average Bonchev–Trinajstić information content (AvgIpc) is 3.36. The first-order valence-electron chi connectivity index (χ1n) is 9.74. The van der Waals surface area contributed by atoms with Gasteiger partial charge in [-0.3, -0.25) is 19.1 Å². The first kappa shape index (κ1) is 23.1. The van der Waals surface area contributed by atoms with E-state index in [4.69, 9.17) is 4.74 Å². The molecule has 1 aliphatic heterocycles. The van der Waals surface area contributed by atoms with Crippen LogP contribution in [0.15, 0.2) is 32.7 Å². The number of aromatic nitrogens is 2. The Morgan fingerprint density at radius 1 is 1.39 bits per heavy atom. The van der Waals surface area contributed by atoms with E-state index in [9.17, 15) is 27.2 Å². The van der Waals surface area contributed by atoms with Gasteiger partial charge in [0.15, 0.2) is 6.17 Å². The fraction of sp³-hybridized carbons (Fsp3) is 0.526. The summed E-state index contributed by atoms with van der Waals surface area (Å²) in [5, 5.41) is 0.184. The SMILES string of the molecule is CC(F)C(N)=O.CC1(NS(=O)(=O)c2ccc3c(c2)c(=O)[nH]c(=O)n3CC2COC2)CC1. The Labute approximate surface area is 177 Å². The fourth-order valence-electron chi connectivity index (χ4n) is 2.94. The van der Waals surface area contributed by atoms with E-state index in [0.29, 0.717) is 25.3 Å². The van der Waals surface area contributed by atoms with Gasteiger partial charge < -0.3 is 10.5 Å². The molecule has 12 heteroatoms. The third-order valence-electron chi connectivity index (χ3n) is 5.20. The highest BCUT2D eigenvalue weighted by Crippen LogP contribution is 2.36. The summed E-state index contributed by atoms with van der Waals surface area (Å²) < 4.78 is 45.6. The molecule has 0 radical (unpaired) electrons. The summed E-state index contributed by atoms with van der Waals surface area (Å²) in [6, 6.07) is 4.29. The number of benzene rings is 1. The van der Waals surface area contributed by atoms with Crippen molar-refractivity contribution in [3.05, 3.63) is 39.0 Å². The number of primary amides is 1. The van der Waals surface area contributed by atoms with Crippen molar-refractivity contribution in [2.24, 2.45) is 11.7 Å². The number of halogens is 1. The van der Waals surface area contributed by atoms with E-state index < -0.39 is 38.9 Å². The quantitative estimate of drug-likeness (QED) is 0.556. The maximum Gasteiger partial charge on any atom is 0.328 e. The zero-order chi connectivity index (χ0) is 23.0. The lowest BCUT2D eigenvalue weighted by Crippen LogP contribution is -2.38. The van der Waals surface area contributed by atoms with Crippen LogP contribution in [0.2, 0.25) is 0 Å². The largest absolute Gasteiger partial charge is 0.381 e. The molecule has 1 aliphatic carbocycles. The molecule has 2 aromatic rings. The molecule has 1 aromatic carbocycles. The summed E-state index contributed by atoms with van der Waals surface area (Å²) in [5.74, 6) is -0.693. The van der Waals surface area contributed by atoms with Crippen LogP contribution in [0.25, 0.3) is 10.9 Å². The highest BCUT2D eigenvalue weighted by Gasteiger charge is 2.41. The second-order valence-corrected chi connectivity index (χ2v) is 9.82. The number of carbonyl (C=O) groups excluding carboxylic acids is 1. The van der Waals surface area contributed by atoms with Gasteiger partial charge in [-0.15, -0.1) is 0 Å². The lowest BCUT2D eigenvalue weighted by molar-refractivity contribution is -0.122. The molecule has 1 unspecified atom stereocenters. The minimum Gasteiger partial charge on any atom is -0.381 e. The lowest BCUT2D eigenvalue weighted by Gasteiger charge is -2.26. The molecule has 4 rings (SSSR count). The molecular weight excluding hydrogens is 431 g/mol. The number of H-pyrrole nitrogens is 1. The number of fused-ring (bicyclic) bond motifs is 1. The molecule has 10 nitrogen and oxygen atoms in total. The van der Waals surface area contributed by atoms with E-state index in [1.54, 1.807) is 0 Å². The van der Waals surface area contributed by atoms with Gasteiger partial charge >= 0.3 is 5.69 Å². The monoisotopic (exact) mass is 456 g/mol. The molecule has 31 heavy (non-hydrogen) atoms. The molecule has 1 amide bonds. The minimum absolute atomic E-state index is 0.0239. The zero-order valence-electron chi connectivity index (χ0n) is 17.2. The molecule has 170 valence electrons. The van der Waals surface area contributed by atoms with Crippen molar-refractivity contribution >= 4 is 26.8 Å². The van der Waals surface area contributed by atoms with E-state index >= 15 is 0 Å². The topological polar surface area (TPSA) is 153 Å². The lowest BCUT2D eigenvalue weighted by atomic mass is 10.1. The molecule has 2 aliphatic rings. The number of nitrogens with two attached hydrogens (primary N) is 1. The first-order chi connectivity index (χ1) is 14.4. The van der Waals surface area contributed by atoms with Crippen molar-refractivity contribution in [3.63, 3.8) is 0 Å². The number of nitrogens with zero attached hydrogens (tertiary/aromatic N) is 1. The van der Waals surface area contributed by atoms with Gasteiger partial charge in [-0.25, -0.2) is 22.3 Å². The molecule has 1 saturated heterocycles. The molecule has 2 heterocycles. The summed E-state index contributed by atoms with van der Waals surface area (Å²) in [6.07, 6.45) is 0.0808. The maximum absolute atomic E-state index is 12.5. The number of alkyl halides is 1. The number of amides is 1. The Morgan fingerprint density at radius 3 is 2.48 bits per heavy atom. The summed E-state index contributed by atoms with van der Waals surface area (Å²) in [5.41, 5.74) is 3.37. The van der Waals surface area contributed by atoms with Gasteiger partial charge in [-0.2, -0.15) is 0 Å². The van der Waals surface area contributed by atoms with Crippen molar-refractivity contribution < 1.29 is 22.3 Å². The Kier molecular flexibility index (Phi) is 6.35. The predicted octanol–water partition coefficient (Wildman–Crippen LogP) is -0.00330. The van der Waals surface area contributed by atoms with Crippen LogP contribution >= 0.6 is 0 Å². The van der Waals surface area contributed by atoms with Gasteiger partial charge in [-0.1, -0.05) is 0 Å². The van der Waals surface area contributed by atoms with Crippen LogP contribution in [0.3, 0.4) is 0 Å². The Hall–Kier alpha value is -2.57. The number of aromatic amines is 1. The van der Waals surface area contributed by atoms with E-state index in [1.165, 1.54) is 22.8 Å². The van der Waals surface area contributed by atoms with Crippen LogP contribution in [0, 0.1) is 5.92 Å². The Balaban J connectivity index is 0.000000401. The fourth-order valence-corrected chi connectivity index (χ4v) is 4.43. The average molecular weight is 456 g/mol. The third kappa shape index (κ3) is 5.38. The third-order valence-corrected chi connectivity index (χ3v) is 6.84. The number of rotatable bonds is 6. The van der Waals surface area contributed by atoms with Gasteiger partial charge in [0, 0.05) is 18.0 Å². The molecule has 0 bridgehead atoms. The van der Waals surface area contributed by atoms with Gasteiger partial charge in [0.2, 0.25) is 10.0 Å². The van der Waals surface area contributed by atoms with E-state index in [0.717, 1.165) is 19.8 Å². The van der Waals surface area contributed by atoms with Crippen molar-refractivity contribution in [3.8, 4) is 0 Å². The second-order valence-electron chi connectivity index (χ2n) is 8.14. The maximum atomic E-state index is 12.5. The van der Waals surface area contributed by atoms with E-state index in [1.807, 2.05) is 6.92 Å². The summed E-state index contributed by atoms with van der Waals surface area (Å²) >= 11 is 0. The van der Waals surface area contributed by atoms with Gasteiger partial charge in [-0.05, 0) is 44.9 Å². The van der Waals surface area contributed by atoms with Gasteiger partial charge in [0.25, 0.3) is 11.5 Å². The predicted molar refractivity (Wildman–Crippen MR) is 111 cm³/mol. The van der Waals surface area contributed by atoms with Crippen LogP contribution in [0.5, 0.6) is 0 Å². The molecule has 1 aromatic heterocycles. The minimum atomic E-state index is -3.71. The molecule has 4 N–H and O–H groups in total. The highest BCUT2D eigenvalue weighted by atomic mass is 32.2. The van der Waals surface area contributed by atoms with Gasteiger partial charge in [0.1, 0.15) is 0 Å². The number of ether oxygens (including phenoxy) is 1. The van der Waals surface area contributed by atoms with E-state index in [-0.39, 0.29) is 16.2 Å². The Bertz CT molecular complexity index is 1210. The van der Waals surface area contributed by atoms with Gasteiger partial charge in [0.05, 0.1) is 29.0 Å². The first-order valence-corrected chi connectivity index (χ1v) is 11.2. The summed E-state index contributed by atoms with van der Waals surface area (Å²) in [6.45, 7) is 4.51. The molecule has 1 atom stereocenters. The summed E-state index contributed by atoms with van der Waals surface area (Å²) in [7, 11) is -3.71. The Morgan fingerprint density at radius 2 is 2.00 bits per heavy atom. The standard InChI is InChI=1S/C16H19N3O5S.C3H6FNO/c1-16(4-5-16)18-25(22,23)11-2-3-13-12(6-11)14(20)17-15(21)19(13)7-10-8-24-9-10;1-2(4)3(5)6/h2-3,6,10,18H,4-5,7-9H2,1H3,(H,17,20,21);2H,1H3,(H2,5,6). The number of hydrogen-bond acceptors (Lipinski definition) is 6. The van der Waals surface area contributed by atoms with Crippen LogP contribution in [-0.2, 0) is 26.1 Å². The van der Waals surface area contributed by atoms with Crippen molar-refractivity contribution in [2.45, 2.75) is 49.8 Å². The number of hydrogen-bond donors (Lipinski definition) is 3. The molecule has 1 saturated carbocycles. The number of carbonyl (C=O) groups is 1. The molecule has 2 fully saturated rings. The number of sulfonamides is 1. The van der Waals surface area contributed by atoms with Crippen LogP contribution in [0.4, 0.5) is 4.39 Å².